The molecule has 1 amide bonds. The predicted molar refractivity (Wildman–Crippen MR) is 128 cm³/mol. The van der Waals surface area contributed by atoms with Crippen molar-refractivity contribution in [2.45, 2.75) is 50.5 Å². The van der Waals surface area contributed by atoms with Crippen LogP contribution in [0.2, 0.25) is 0 Å². The fraction of sp³-hybridized carbons (Fsp3) is 0.391. The summed E-state index contributed by atoms with van der Waals surface area (Å²) in [7, 11) is -3.64. The second-order valence-corrected chi connectivity index (χ2v) is 11.2. The van der Waals surface area contributed by atoms with Crippen LogP contribution in [-0.4, -0.2) is 36.3 Å². The Bertz CT molecular complexity index is 1300. The van der Waals surface area contributed by atoms with Crippen LogP contribution >= 0.6 is 11.3 Å². The Balaban J connectivity index is 1.57. The highest BCUT2D eigenvalue weighted by Gasteiger charge is 2.26. The van der Waals surface area contributed by atoms with Gasteiger partial charge < -0.3 is 5.32 Å². The minimum atomic E-state index is -3.64. The van der Waals surface area contributed by atoms with Gasteiger partial charge in [0, 0.05) is 30.4 Å². The number of anilines is 1. The maximum Gasteiger partial charge on any atom is 0.308 e. The molecule has 4 rings (SSSR count). The van der Waals surface area contributed by atoms with E-state index in [-0.39, 0.29) is 21.4 Å². The van der Waals surface area contributed by atoms with Gasteiger partial charge in [0.25, 0.3) is 5.91 Å². The summed E-state index contributed by atoms with van der Waals surface area (Å²) < 4.78 is 30.2. The number of benzene rings is 2. The summed E-state index contributed by atoms with van der Waals surface area (Å²) in [5.41, 5.74) is 1.66. The number of fused-ring (bicyclic) bond motifs is 1. The molecule has 0 saturated carbocycles. The summed E-state index contributed by atoms with van der Waals surface area (Å²) in [6.07, 6.45) is 3.78. The number of nitrogens with one attached hydrogen (secondary N) is 1. The van der Waals surface area contributed by atoms with E-state index in [0.717, 1.165) is 47.2 Å². The van der Waals surface area contributed by atoms with Gasteiger partial charge in [-0.15, -0.1) is 0 Å². The first kappa shape index (κ1) is 22.7. The summed E-state index contributed by atoms with van der Waals surface area (Å²) in [5.74, 6) is -0.395. The summed E-state index contributed by atoms with van der Waals surface area (Å²) in [4.78, 5) is 25.2. The van der Waals surface area contributed by atoms with Gasteiger partial charge in [-0.2, -0.15) is 4.31 Å². The molecule has 0 unspecified atom stereocenters. The van der Waals surface area contributed by atoms with E-state index < -0.39 is 15.9 Å². The van der Waals surface area contributed by atoms with Crippen LogP contribution in [0.5, 0.6) is 0 Å². The fourth-order valence-corrected chi connectivity index (χ4v) is 6.65. The van der Waals surface area contributed by atoms with E-state index in [1.165, 1.54) is 16.4 Å². The van der Waals surface area contributed by atoms with Crippen molar-refractivity contribution in [3.05, 3.63) is 57.7 Å². The standard InChI is InChI=1S/C23H27N3O4S2/c1-16(2)26-20-11-10-18(15-21(20)31-23(26)28)24-22(27)17-8-7-9-19(14-17)32(29,30)25-12-5-3-4-6-13-25/h7-11,14-16H,3-6,12-13H2,1-2H3,(H,24,27). The molecule has 2 aromatic carbocycles. The van der Waals surface area contributed by atoms with Crippen LogP contribution < -0.4 is 10.2 Å². The monoisotopic (exact) mass is 473 g/mol. The lowest BCUT2D eigenvalue weighted by Crippen LogP contribution is -2.32. The summed E-state index contributed by atoms with van der Waals surface area (Å²) in [5, 5.41) is 2.82. The maximum atomic E-state index is 13.1. The Hall–Kier alpha value is -2.49. The van der Waals surface area contributed by atoms with E-state index in [0.29, 0.717) is 18.8 Å². The van der Waals surface area contributed by atoms with E-state index in [1.54, 1.807) is 28.8 Å². The Morgan fingerprint density at radius 2 is 1.75 bits per heavy atom. The van der Waals surface area contributed by atoms with Gasteiger partial charge in [0.2, 0.25) is 10.0 Å². The van der Waals surface area contributed by atoms with Gasteiger partial charge in [-0.3, -0.25) is 14.2 Å². The maximum absolute atomic E-state index is 13.1. The second-order valence-electron chi connectivity index (χ2n) is 8.31. The number of carbonyl (C=O) groups excluding carboxylic acids is 1. The largest absolute Gasteiger partial charge is 0.322 e. The van der Waals surface area contributed by atoms with Gasteiger partial charge in [0.1, 0.15) is 0 Å². The highest BCUT2D eigenvalue weighted by atomic mass is 32.2. The number of amides is 1. The minimum Gasteiger partial charge on any atom is -0.322 e. The molecule has 1 aliphatic rings. The van der Waals surface area contributed by atoms with Crippen molar-refractivity contribution in [2.24, 2.45) is 0 Å². The molecule has 0 atom stereocenters. The zero-order valence-electron chi connectivity index (χ0n) is 18.2. The Morgan fingerprint density at radius 3 is 2.44 bits per heavy atom. The topological polar surface area (TPSA) is 88.5 Å². The molecule has 7 nitrogen and oxygen atoms in total. The zero-order valence-corrected chi connectivity index (χ0v) is 19.8. The van der Waals surface area contributed by atoms with Crippen LogP contribution in [0.4, 0.5) is 5.69 Å². The van der Waals surface area contributed by atoms with E-state index in [9.17, 15) is 18.0 Å². The smallest absolute Gasteiger partial charge is 0.308 e. The molecule has 32 heavy (non-hydrogen) atoms. The van der Waals surface area contributed by atoms with Crippen LogP contribution in [-0.2, 0) is 10.0 Å². The number of thiazole rings is 1. The number of sulfonamides is 1. The van der Waals surface area contributed by atoms with E-state index in [1.807, 2.05) is 19.9 Å². The third kappa shape index (κ3) is 4.51. The van der Waals surface area contributed by atoms with Crippen LogP contribution in [0, 0.1) is 0 Å². The normalized spacial score (nSPS) is 15.7. The molecule has 1 aromatic heterocycles. The van der Waals surface area contributed by atoms with Gasteiger partial charge in [0.05, 0.1) is 15.1 Å². The van der Waals surface area contributed by atoms with Crippen molar-refractivity contribution >= 4 is 43.2 Å². The van der Waals surface area contributed by atoms with Gasteiger partial charge in [-0.1, -0.05) is 30.2 Å². The number of nitrogens with zero attached hydrogens (tertiary/aromatic N) is 2. The van der Waals surface area contributed by atoms with Crippen LogP contribution in [0.25, 0.3) is 10.2 Å². The number of hydrogen-bond acceptors (Lipinski definition) is 5. The highest BCUT2D eigenvalue weighted by molar-refractivity contribution is 7.89. The molecule has 0 radical (unpaired) electrons. The predicted octanol–water partition coefficient (Wildman–Crippen LogP) is 4.46. The second kappa shape index (κ2) is 9.17. The van der Waals surface area contributed by atoms with Crippen LogP contribution in [0.3, 0.4) is 0 Å². The summed E-state index contributed by atoms with van der Waals surface area (Å²) in [6, 6.07) is 11.6. The average Bonchev–Trinajstić information content (AvgIpc) is 2.92. The number of carbonyl (C=O) groups is 1. The zero-order chi connectivity index (χ0) is 22.9. The Labute approximate surface area is 191 Å². The molecule has 0 bridgehead atoms. The molecular weight excluding hydrogens is 446 g/mol. The van der Waals surface area contributed by atoms with Crippen molar-refractivity contribution in [2.75, 3.05) is 18.4 Å². The molecule has 0 aliphatic carbocycles. The van der Waals surface area contributed by atoms with E-state index in [2.05, 4.69) is 5.32 Å². The molecular formula is C23H27N3O4S2. The van der Waals surface area contributed by atoms with Gasteiger partial charge in [-0.05, 0) is 63.1 Å². The van der Waals surface area contributed by atoms with Crippen molar-refractivity contribution < 1.29 is 13.2 Å². The lowest BCUT2D eigenvalue weighted by atomic mass is 10.2. The molecule has 1 fully saturated rings. The van der Waals surface area contributed by atoms with Crippen LogP contribution in [0.15, 0.2) is 52.2 Å². The first-order valence-electron chi connectivity index (χ1n) is 10.8. The molecule has 1 N–H and O–H groups in total. The molecule has 1 aliphatic heterocycles. The lowest BCUT2D eigenvalue weighted by molar-refractivity contribution is 0.102. The molecule has 0 spiro atoms. The van der Waals surface area contributed by atoms with Crippen molar-refractivity contribution in [3.63, 3.8) is 0 Å². The fourth-order valence-electron chi connectivity index (χ4n) is 4.04. The number of hydrogen-bond donors (Lipinski definition) is 1. The van der Waals surface area contributed by atoms with Gasteiger partial charge >= 0.3 is 4.87 Å². The quantitative estimate of drug-likeness (QED) is 0.593. The third-order valence-electron chi connectivity index (χ3n) is 5.69. The first-order valence-corrected chi connectivity index (χ1v) is 13.1. The Kier molecular flexibility index (Phi) is 6.50. The van der Waals surface area contributed by atoms with E-state index in [4.69, 9.17) is 0 Å². The number of rotatable bonds is 5. The van der Waals surface area contributed by atoms with Crippen molar-refractivity contribution in [1.29, 1.82) is 0 Å². The Morgan fingerprint density at radius 1 is 1.03 bits per heavy atom. The SMILES string of the molecule is CC(C)n1c(=O)sc2cc(NC(=O)c3cccc(S(=O)(=O)N4CCCCCC4)c3)ccc21. The van der Waals surface area contributed by atoms with Crippen molar-refractivity contribution in [3.8, 4) is 0 Å². The third-order valence-corrected chi connectivity index (χ3v) is 8.50. The molecule has 170 valence electrons. The van der Waals surface area contributed by atoms with Crippen molar-refractivity contribution in [1.82, 2.24) is 8.87 Å². The van der Waals surface area contributed by atoms with Crippen LogP contribution in [0.1, 0.15) is 55.9 Å². The van der Waals surface area contributed by atoms with Gasteiger partial charge in [0.15, 0.2) is 0 Å². The highest BCUT2D eigenvalue weighted by Crippen LogP contribution is 2.25. The number of aromatic nitrogens is 1. The molecule has 9 heteroatoms. The minimum absolute atomic E-state index is 0.0371. The molecule has 1 saturated heterocycles. The average molecular weight is 474 g/mol. The molecule has 3 aromatic rings. The summed E-state index contributed by atoms with van der Waals surface area (Å²) >= 11 is 1.14. The first-order chi connectivity index (χ1) is 15.3. The van der Waals surface area contributed by atoms with Gasteiger partial charge in [-0.25, -0.2) is 8.42 Å². The molecule has 2 heterocycles. The summed E-state index contributed by atoms with van der Waals surface area (Å²) in [6.45, 7) is 4.93. The van der Waals surface area contributed by atoms with E-state index >= 15 is 0 Å². The lowest BCUT2D eigenvalue weighted by Gasteiger charge is -2.20.